The van der Waals surface area contributed by atoms with Gasteiger partial charge in [-0.05, 0) is 40.2 Å². The van der Waals surface area contributed by atoms with Crippen molar-refractivity contribution in [3.8, 4) is 5.75 Å². The predicted molar refractivity (Wildman–Crippen MR) is 112 cm³/mol. The van der Waals surface area contributed by atoms with E-state index in [1.165, 1.54) is 0 Å². The molecule has 1 aliphatic rings. The second-order valence-corrected chi connectivity index (χ2v) is 8.10. The van der Waals surface area contributed by atoms with Gasteiger partial charge >= 0.3 is 6.09 Å². The molecule has 7 nitrogen and oxygen atoms in total. The van der Waals surface area contributed by atoms with Gasteiger partial charge in [0.05, 0.1) is 12.6 Å². The van der Waals surface area contributed by atoms with Crippen LogP contribution in [0.15, 0.2) is 29.3 Å². The molecule has 0 aromatic heterocycles. The molecule has 2 unspecified atom stereocenters. The Labute approximate surface area is 168 Å². The van der Waals surface area contributed by atoms with Gasteiger partial charge in [0.2, 0.25) is 0 Å². The highest BCUT2D eigenvalue weighted by atomic mass is 16.6. The number of amides is 1. The molecule has 7 heteroatoms. The molecule has 1 aromatic carbocycles. The van der Waals surface area contributed by atoms with Crippen LogP contribution in [-0.2, 0) is 4.74 Å². The number of carbonyl (C=O) groups excluding carboxylic acids is 1. The van der Waals surface area contributed by atoms with Crippen LogP contribution in [0.3, 0.4) is 0 Å². The molecular weight excluding hydrogens is 356 g/mol. The smallest absolute Gasteiger partial charge is 0.410 e. The monoisotopic (exact) mass is 390 g/mol. The van der Waals surface area contributed by atoms with Gasteiger partial charge in [0.1, 0.15) is 11.4 Å². The Kier molecular flexibility index (Phi) is 7.54. The van der Waals surface area contributed by atoms with Gasteiger partial charge in [-0.2, -0.15) is 0 Å². The molecule has 0 fully saturated rings. The molecule has 1 aliphatic heterocycles. The molecule has 0 saturated heterocycles. The quantitative estimate of drug-likeness (QED) is 0.596. The van der Waals surface area contributed by atoms with Gasteiger partial charge in [0.25, 0.3) is 0 Å². The van der Waals surface area contributed by atoms with Crippen LogP contribution in [0.5, 0.6) is 5.75 Å². The van der Waals surface area contributed by atoms with E-state index in [4.69, 9.17) is 9.47 Å². The van der Waals surface area contributed by atoms with E-state index >= 15 is 0 Å². The van der Waals surface area contributed by atoms with Crippen molar-refractivity contribution in [2.75, 3.05) is 27.2 Å². The molecule has 2 atom stereocenters. The number of ether oxygens (including phenoxy) is 2. The fourth-order valence-corrected chi connectivity index (χ4v) is 2.96. The number of para-hydroxylation sites is 1. The molecular formula is C21H34N4O3. The second-order valence-electron chi connectivity index (χ2n) is 8.10. The van der Waals surface area contributed by atoms with E-state index in [0.29, 0.717) is 13.2 Å². The van der Waals surface area contributed by atoms with Crippen molar-refractivity contribution >= 4 is 12.1 Å². The maximum absolute atomic E-state index is 12.2. The molecule has 0 spiro atoms. The predicted octanol–water partition coefficient (Wildman–Crippen LogP) is 3.32. The summed E-state index contributed by atoms with van der Waals surface area (Å²) in [6, 6.07) is 8.29. The lowest BCUT2D eigenvalue weighted by molar-refractivity contribution is 0.0230. The summed E-state index contributed by atoms with van der Waals surface area (Å²) in [4.78, 5) is 18.1. The first kappa shape index (κ1) is 21.9. The maximum Gasteiger partial charge on any atom is 0.410 e. The molecule has 0 aliphatic carbocycles. The minimum atomic E-state index is -0.491. The number of carbonyl (C=O) groups is 1. The van der Waals surface area contributed by atoms with Crippen LogP contribution in [0.4, 0.5) is 4.79 Å². The summed E-state index contributed by atoms with van der Waals surface area (Å²) in [5.74, 6) is 1.67. The van der Waals surface area contributed by atoms with Crippen molar-refractivity contribution < 1.29 is 14.3 Å². The number of hydrogen-bond acceptors (Lipinski definition) is 4. The van der Waals surface area contributed by atoms with Gasteiger partial charge in [-0.1, -0.05) is 18.2 Å². The Morgan fingerprint density at radius 3 is 2.79 bits per heavy atom. The zero-order valence-electron chi connectivity index (χ0n) is 17.9. The lowest BCUT2D eigenvalue weighted by atomic mass is 10.0. The molecule has 1 amide bonds. The van der Waals surface area contributed by atoms with Gasteiger partial charge in [-0.25, -0.2) is 4.79 Å². The lowest BCUT2D eigenvalue weighted by Gasteiger charge is -2.29. The molecule has 28 heavy (non-hydrogen) atoms. The fraction of sp³-hybridized carbons (Fsp3) is 0.619. The Morgan fingerprint density at radius 2 is 2.11 bits per heavy atom. The highest BCUT2D eigenvalue weighted by Gasteiger charge is 2.24. The van der Waals surface area contributed by atoms with E-state index in [-0.39, 0.29) is 18.2 Å². The highest BCUT2D eigenvalue weighted by molar-refractivity contribution is 5.80. The van der Waals surface area contributed by atoms with Gasteiger partial charge in [-0.15, -0.1) is 0 Å². The van der Waals surface area contributed by atoms with Crippen molar-refractivity contribution in [1.82, 2.24) is 15.5 Å². The summed E-state index contributed by atoms with van der Waals surface area (Å²) >= 11 is 0. The van der Waals surface area contributed by atoms with E-state index in [2.05, 4.69) is 21.7 Å². The fourth-order valence-electron chi connectivity index (χ4n) is 2.96. The Balaban J connectivity index is 1.82. The molecule has 1 heterocycles. The first-order valence-corrected chi connectivity index (χ1v) is 9.86. The van der Waals surface area contributed by atoms with Crippen molar-refractivity contribution in [2.45, 2.75) is 58.2 Å². The van der Waals surface area contributed by atoms with E-state index in [0.717, 1.165) is 30.1 Å². The van der Waals surface area contributed by atoms with E-state index < -0.39 is 5.60 Å². The number of fused-ring (bicyclic) bond motifs is 1. The molecule has 0 radical (unpaired) electrons. The number of guanidine groups is 1. The van der Waals surface area contributed by atoms with Crippen LogP contribution in [-0.4, -0.2) is 55.8 Å². The lowest BCUT2D eigenvalue weighted by Crippen LogP contribution is -2.44. The third-order valence-corrected chi connectivity index (χ3v) is 4.69. The topological polar surface area (TPSA) is 75.2 Å². The maximum atomic E-state index is 12.2. The second kappa shape index (κ2) is 9.66. The van der Waals surface area contributed by atoms with Crippen molar-refractivity contribution in [1.29, 1.82) is 0 Å². The van der Waals surface area contributed by atoms with Crippen LogP contribution >= 0.6 is 0 Å². The van der Waals surface area contributed by atoms with Gasteiger partial charge in [0.15, 0.2) is 5.96 Å². The highest BCUT2D eigenvalue weighted by Crippen LogP contribution is 2.31. The summed E-state index contributed by atoms with van der Waals surface area (Å²) in [5.41, 5.74) is 0.657. The standard InChI is InChI=1S/C21H34N4O3/c1-15(25(6)20(26)28-21(2,3)4)11-13-23-19(22-5)24-17-12-14-27-18-10-8-7-9-16(17)18/h7-10,15,17H,11-14H2,1-6H3,(H2,22,23,24). The van der Waals surface area contributed by atoms with E-state index in [1.807, 2.05) is 45.9 Å². The van der Waals surface area contributed by atoms with Gasteiger partial charge in [0, 0.05) is 38.7 Å². The van der Waals surface area contributed by atoms with Crippen LogP contribution in [0.2, 0.25) is 0 Å². The summed E-state index contributed by atoms with van der Waals surface area (Å²) in [5, 5.41) is 6.81. The van der Waals surface area contributed by atoms with Crippen LogP contribution in [0, 0.1) is 0 Å². The average molecular weight is 391 g/mol. The average Bonchev–Trinajstić information content (AvgIpc) is 2.65. The van der Waals surface area contributed by atoms with Gasteiger partial charge in [-0.3, -0.25) is 4.99 Å². The van der Waals surface area contributed by atoms with Crippen LogP contribution in [0.1, 0.15) is 52.1 Å². The first-order chi connectivity index (χ1) is 13.2. The third-order valence-electron chi connectivity index (χ3n) is 4.69. The van der Waals surface area contributed by atoms with Gasteiger partial charge < -0.3 is 25.0 Å². The minimum Gasteiger partial charge on any atom is -0.493 e. The first-order valence-electron chi connectivity index (χ1n) is 9.86. The van der Waals surface area contributed by atoms with Crippen LogP contribution in [0.25, 0.3) is 0 Å². The van der Waals surface area contributed by atoms with Crippen molar-refractivity contribution in [2.24, 2.45) is 4.99 Å². The summed E-state index contributed by atoms with van der Waals surface area (Å²) in [7, 11) is 3.53. The molecule has 2 rings (SSSR count). The Bertz CT molecular complexity index is 684. The molecule has 156 valence electrons. The zero-order chi connectivity index (χ0) is 20.7. The number of nitrogens with one attached hydrogen (secondary N) is 2. The van der Waals surface area contributed by atoms with Crippen molar-refractivity contribution in [3.63, 3.8) is 0 Å². The van der Waals surface area contributed by atoms with Crippen LogP contribution < -0.4 is 15.4 Å². The SMILES string of the molecule is CN=C(NCCC(C)N(C)C(=O)OC(C)(C)C)NC1CCOc2ccccc21. The summed E-state index contributed by atoms with van der Waals surface area (Å²) in [6.45, 7) is 9.00. The largest absolute Gasteiger partial charge is 0.493 e. The Hall–Kier alpha value is -2.44. The zero-order valence-corrected chi connectivity index (χ0v) is 17.9. The molecule has 1 aromatic rings. The number of hydrogen-bond donors (Lipinski definition) is 2. The Morgan fingerprint density at radius 1 is 1.39 bits per heavy atom. The molecule has 0 bridgehead atoms. The summed E-state index contributed by atoms with van der Waals surface area (Å²) in [6.07, 6.45) is 1.36. The third kappa shape index (κ3) is 6.32. The summed E-state index contributed by atoms with van der Waals surface area (Å²) < 4.78 is 11.1. The van der Waals surface area contributed by atoms with E-state index in [9.17, 15) is 4.79 Å². The minimum absolute atomic E-state index is 0.0456. The number of rotatable bonds is 5. The number of benzene rings is 1. The van der Waals surface area contributed by atoms with E-state index in [1.54, 1.807) is 19.0 Å². The number of nitrogens with zero attached hydrogens (tertiary/aromatic N) is 2. The molecule has 2 N–H and O–H groups in total. The van der Waals surface area contributed by atoms with Crippen molar-refractivity contribution in [3.05, 3.63) is 29.8 Å². The normalized spacial score (nSPS) is 17.8. The molecule has 0 saturated carbocycles. The number of aliphatic imine (C=N–C) groups is 1.